The van der Waals surface area contributed by atoms with E-state index in [1.807, 2.05) is 0 Å². The maximum absolute atomic E-state index is 12.0. The summed E-state index contributed by atoms with van der Waals surface area (Å²) in [5.74, 6) is 0.0906. The van der Waals surface area contributed by atoms with Crippen LogP contribution in [0.4, 0.5) is 0 Å². The van der Waals surface area contributed by atoms with Crippen LogP contribution in [0.5, 0.6) is 0 Å². The van der Waals surface area contributed by atoms with Crippen LogP contribution in [-0.4, -0.2) is 18.5 Å². The Hall–Kier alpha value is -1.58. The molecule has 0 aliphatic carbocycles. The molecule has 0 aliphatic heterocycles. The molecule has 0 radical (unpaired) electrons. The SMILES string of the molecule is CCCCCCCC/C=C\CCCCCCCC(=O)NCNC(=O)CCCCCCC/C=C\CCCCCCCC. The van der Waals surface area contributed by atoms with Crippen molar-refractivity contribution in [2.24, 2.45) is 0 Å². The molecule has 41 heavy (non-hydrogen) atoms. The predicted molar refractivity (Wildman–Crippen MR) is 180 cm³/mol. The van der Waals surface area contributed by atoms with Gasteiger partial charge in [0.25, 0.3) is 0 Å². The van der Waals surface area contributed by atoms with Gasteiger partial charge in [0.2, 0.25) is 11.8 Å². The molecule has 4 heteroatoms. The highest BCUT2D eigenvalue weighted by Crippen LogP contribution is 2.11. The molecular formula is C37H70N2O2. The first-order valence-corrected chi connectivity index (χ1v) is 18.0. The van der Waals surface area contributed by atoms with Crippen LogP contribution in [-0.2, 0) is 9.59 Å². The van der Waals surface area contributed by atoms with Crippen molar-refractivity contribution in [1.82, 2.24) is 10.6 Å². The summed E-state index contributed by atoms with van der Waals surface area (Å²) in [4.78, 5) is 24.0. The van der Waals surface area contributed by atoms with E-state index >= 15 is 0 Å². The van der Waals surface area contributed by atoms with Crippen LogP contribution in [0.25, 0.3) is 0 Å². The summed E-state index contributed by atoms with van der Waals surface area (Å²) in [6.07, 6.45) is 43.3. The van der Waals surface area contributed by atoms with Crippen LogP contribution in [0, 0.1) is 0 Å². The molecular weight excluding hydrogens is 504 g/mol. The third-order valence-electron chi connectivity index (χ3n) is 7.90. The van der Waals surface area contributed by atoms with Crippen molar-refractivity contribution in [2.45, 2.75) is 194 Å². The molecule has 0 fully saturated rings. The van der Waals surface area contributed by atoms with Crippen molar-refractivity contribution in [3.05, 3.63) is 24.3 Å². The van der Waals surface area contributed by atoms with E-state index in [0.717, 1.165) is 25.7 Å². The predicted octanol–water partition coefficient (Wildman–Crippen LogP) is 11.3. The van der Waals surface area contributed by atoms with E-state index in [0.29, 0.717) is 12.8 Å². The van der Waals surface area contributed by atoms with E-state index in [4.69, 9.17) is 0 Å². The first-order valence-electron chi connectivity index (χ1n) is 18.0. The fourth-order valence-electron chi connectivity index (χ4n) is 5.13. The number of carbonyl (C=O) groups is 2. The summed E-state index contributed by atoms with van der Waals surface area (Å²) in [5, 5.41) is 5.66. The molecule has 2 N–H and O–H groups in total. The topological polar surface area (TPSA) is 58.2 Å². The van der Waals surface area contributed by atoms with Crippen molar-refractivity contribution in [2.75, 3.05) is 6.67 Å². The van der Waals surface area contributed by atoms with Gasteiger partial charge in [-0.15, -0.1) is 0 Å². The Bertz CT molecular complexity index is 562. The average Bonchev–Trinajstić information content (AvgIpc) is 2.97. The number of nitrogens with one attached hydrogen (secondary N) is 2. The Balaban J connectivity index is 3.35. The smallest absolute Gasteiger partial charge is 0.221 e. The molecule has 4 nitrogen and oxygen atoms in total. The second kappa shape index (κ2) is 34.6. The van der Waals surface area contributed by atoms with Gasteiger partial charge in [-0.05, 0) is 64.2 Å². The summed E-state index contributed by atoms with van der Waals surface area (Å²) in [6, 6.07) is 0. The highest BCUT2D eigenvalue weighted by Gasteiger charge is 2.03. The van der Waals surface area contributed by atoms with Crippen molar-refractivity contribution < 1.29 is 9.59 Å². The molecule has 0 saturated heterocycles. The Morgan fingerprint density at radius 2 is 0.659 bits per heavy atom. The minimum absolute atomic E-state index is 0.0453. The zero-order valence-electron chi connectivity index (χ0n) is 27.6. The Kier molecular flexibility index (Phi) is 33.3. The molecule has 0 aromatic heterocycles. The molecule has 0 bridgehead atoms. The molecule has 0 atom stereocenters. The second-order valence-electron chi connectivity index (χ2n) is 12.0. The number of carbonyl (C=O) groups excluding carboxylic acids is 2. The van der Waals surface area contributed by atoms with Gasteiger partial charge in [-0.25, -0.2) is 0 Å². The summed E-state index contributed by atoms with van der Waals surface area (Å²) < 4.78 is 0. The van der Waals surface area contributed by atoms with Crippen LogP contribution in [0.1, 0.15) is 194 Å². The molecule has 0 aliphatic rings. The van der Waals surface area contributed by atoms with E-state index < -0.39 is 0 Å². The lowest BCUT2D eigenvalue weighted by atomic mass is 10.1. The number of hydrogen-bond donors (Lipinski definition) is 2. The van der Waals surface area contributed by atoms with Crippen molar-refractivity contribution in [3.8, 4) is 0 Å². The van der Waals surface area contributed by atoms with Crippen LogP contribution in [0.3, 0.4) is 0 Å². The molecule has 0 saturated carbocycles. The van der Waals surface area contributed by atoms with E-state index in [-0.39, 0.29) is 18.5 Å². The molecule has 0 aromatic rings. The zero-order valence-corrected chi connectivity index (χ0v) is 27.6. The van der Waals surface area contributed by atoms with Gasteiger partial charge < -0.3 is 10.6 Å². The Morgan fingerprint density at radius 1 is 0.390 bits per heavy atom. The van der Waals surface area contributed by atoms with E-state index in [2.05, 4.69) is 48.8 Å². The Labute approximate surface area is 256 Å². The van der Waals surface area contributed by atoms with Gasteiger partial charge >= 0.3 is 0 Å². The summed E-state index contributed by atoms with van der Waals surface area (Å²) in [6.45, 7) is 4.79. The minimum atomic E-state index is 0.0453. The van der Waals surface area contributed by atoms with Gasteiger partial charge in [0.15, 0.2) is 0 Å². The van der Waals surface area contributed by atoms with E-state index in [9.17, 15) is 9.59 Å². The fourth-order valence-corrected chi connectivity index (χ4v) is 5.13. The molecule has 2 amide bonds. The molecule has 0 heterocycles. The standard InChI is InChI=1S/C37H70N2O2/c1-3-5-7-9-11-13-15-17-19-21-23-25-27-29-31-33-36(40)38-35-39-37(41)34-32-30-28-26-24-22-20-18-16-14-12-10-8-6-4-2/h17-20H,3-16,21-35H2,1-2H3,(H,38,40)(H,39,41)/b19-17-,20-18-. The largest absolute Gasteiger partial charge is 0.339 e. The van der Waals surface area contributed by atoms with Crippen molar-refractivity contribution in [1.29, 1.82) is 0 Å². The van der Waals surface area contributed by atoms with Crippen molar-refractivity contribution in [3.63, 3.8) is 0 Å². The highest BCUT2D eigenvalue weighted by atomic mass is 16.2. The molecule has 0 aromatic carbocycles. The zero-order chi connectivity index (χ0) is 29.9. The number of amides is 2. The lowest BCUT2D eigenvalue weighted by Crippen LogP contribution is -2.37. The number of unbranched alkanes of at least 4 members (excludes halogenated alkanes) is 22. The Morgan fingerprint density at radius 3 is 0.976 bits per heavy atom. The van der Waals surface area contributed by atoms with E-state index in [1.165, 1.54) is 141 Å². The molecule has 0 spiro atoms. The van der Waals surface area contributed by atoms with Crippen LogP contribution < -0.4 is 10.6 Å². The lowest BCUT2D eigenvalue weighted by Gasteiger charge is -2.07. The molecule has 240 valence electrons. The summed E-state index contributed by atoms with van der Waals surface area (Å²) >= 11 is 0. The molecule has 0 rings (SSSR count). The van der Waals surface area contributed by atoms with Crippen LogP contribution in [0.15, 0.2) is 24.3 Å². The third kappa shape index (κ3) is 34.5. The maximum atomic E-state index is 12.0. The van der Waals surface area contributed by atoms with Gasteiger partial charge in [-0.2, -0.15) is 0 Å². The van der Waals surface area contributed by atoms with Crippen LogP contribution in [0.2, 0.25) is 0 Å². The number of allylic oxidation sites excluding steroid dienone is 4. The quantitative estimate of drug-likeness (QED) is 0.0477. The van der Waals surface area contributed by atoms with Crippen molar-refractivity contribution >= 4 is 11.8 Å². The highest BCUT2D eigenvalue weighted by molar-refractivity contribution is 5.78. The lowest BCUT2D eigenvalue weighted by molar-refractivity contribution is -0.123. The second-order valence-corrected chi connectivity index (χ2v) is 12.0. The van der Waals surface area contributed by atoms with Gasteiger partial charge in [0.05, 0.1) is 6.67 Å². The van der Waals surface area contributed by atoms with Crippen LogP contribution >= 0.6 is 0 Å². The minimum Gasteiger partial charge on any atom is -0.339 e. The molecule has 0 unspecified atom stereocenters. The van der Waals surface area contributed by atoms with Gasteiger partial charge in [-0.1, -0.05) is 141 Å². The average molecular weight is 575 g/mol. The third-order valence-corrected chi connectivity index (χ3v) is 7.90. The number of hydrogen-bond acceptors (Lipinski definition) is 2. The van der Waals surface area contributed by atoms with E-state index in [1.54, 1.807) is 0 Å². The first-order chi connectivity index (χ1) is 20.2. The monoisotopic (exact) mass is 575 g/mol. The summed E-state index contributed by atoms with van der Waals surface area (Å²) in [5.41, 5.74) is 0. The maximum Gasteiger partial charge on any atom is 0.221 e. The normalized spacial score (nSPS) is 11.6. The van der Waals surface area contributed by atoms with Gasteiger partial charge in [0.1, 0.15) is 0 Å². The summed E-state index contributed by atoms with van der Waals surface area (Å²) in [7, 11) is 0. The van der Waals surface area contributed by atoms with Gasteiger partial charge in [0, 0.05) is 12.8 Å². The number of rotatable bonds is 32. The fraction of sp³-hybridized carbons (Fsp3) is 0.838. The first kappa shape index (κ1) is 39.4. The van der Waals surface area contributed by atoms with Gasteiger partial charge in [-0.3, -0.25) is 9.59 Å².